The number of nitrogens with zero attached hydrogens (tertiary/aromatic N) is 1. The van der Waals surface area contributed by atoms with Gasteiger partial charge in [0, 0.05) is 24.2 Å². The lowest BCUT2D eigenvalue weighted by Crippen LogP contribution is -2.47. The summed E-state index contributed by atoms with van der Waals surface area (Å²) >= 11 is 0. The summed E-state index contributed by atoms with van der Waals surface area (Å²) in [4.78, 5) is 14.6. The molecule has 0 spiro atoms. The van der Waals surface area contributed by atoms with Gasteiger partial charge in [-0.3, -0.25) is 4.79 Å². The second-order valence-electron chi connectivity index (χ2n) is 5.48. The average Bonchev–Trinajstić information content (AvgIpc) is 2.43. The van der Waals surface area contributed by atoms with Crippen LogP contribution >= 0.6 is 0 Å². The molecule has 2 unspecified atom stereocenters. The van der Waals surface area contributed by atoms with E-state index in [1.54, 1.807) is 25.3 Å². The van der Waals surface area contributed by atoms with E-state index in [-0.39, 0.29) is 11.9 Å². The number of benzene rings is 1. The number of hydrogen-bond donors (Lipinski definition) is 2. The highest BCUT2D eigenvalue weighted by Gasteiger charge is 2.24. The van der Waals surface area contributed by atoms with E-state index in [1.165, 1.54) is 0 Å². The zero-order valence-electron chi connectivity index (χ0n) is 12.3. The first-order valence-corrected chi connectivity index (χ1v) is 6.96. The minimum absolute atomic E-state index is 0.0648. The first kappa shape index (κ1) is 14.7. The third-order valence-electron chi connectivity index (χ3n) is 4.04. The molecule has 20 heavy (non-hydrogen) atoms. The molecule has 1 amide bonds. The summed E-state index contributed by atoms with van der Waals surface area (Å²) < 4.78 is 5.15. The third-order valence-corrected chi connectivity index (χ3v) is 4.04. The Morgan fingerprint density at radius 1 is 1.50 bits per heavy atom. The topological polar surface area (TPSA) is 67.6 Å². The molecular formula is C15H23N3O2. The van der Waals surface area contributed by atoms with E-state index in [0.717, 1.165) is 19.4 Å². The van der Waals surface area contributed by atoms with Crippen molar-refractivity contribution in [2.75, 3.05) is 26.4 Å². The van der Waals surface area contributed by atoms with Crippen molar-refractivity contribution in [3.63, 3.8) is 0 Å². The number of carbonyl (C=O) groups excluding carboxylic acids is 1. The first-order valence-electron chi connectivity index (χ1n) is 6.96. The summed E-state index contributed by atoms with van der Waals surface area (Å²) in [6.07, 6.45) is 1.97. The number of hydrogen-bond acceptors (Lipinski definition) is 4. The Balaban J connectivity index is 2.01. The van der Waals surface area contributed by atoms with Crippen LogP contribution in [0, 0.1) is 0 Å². The summed E-state index contributed by atoms with van der Waals surface area (Å²) in [6.45, 7) is 3.20. The van der Waals surface area contributed by atoms with Crippen LogP contribution in [0.25, 0.3) is 0 Å². The van der Waals surface area contributed by atoms with E-state index in [2.05, 4.69) is 24.2 Å². The predicted octanol–water partition coefficient (Wildman–Crippen LogP) is 1.49. The second kappa shape index (κ2) is 6.13. The number of carbonyl (C=O) groups is 1. The number of rotatable bonds is 3. The lowest BCUT2D eigenvalue weighted by atomic mass is 9.98. The van der Waals surface area contributed by atoms with Crippen molar-refractivity contribution in [3.8, 4) is 5.75 Å². The smallest absolute Gasteiger partial charge is 0.251 e. The van der Waals surface area contributed by atoms with Crippen LogP contribution in [0.1, 0.15) is 30.1 Å². The summed E-state index contributed by atoms with van der Waals surface area (Å²) in [5, 5.41) is 3.09. The fourth-order valence-electron chi connectivity index (χ4n) is 2.54. The van der Waals surface area contributed by atoms with E-state index in [1.807, 2.05) is 0 Å². The Morgan fingerprint density at radius 3 is 2.90 bits per heavy atom. The maximum absolute atomic E-state index is 12.3. The van der Waals surface area contributed by atoms with Gasteiger partial charge in [-0.15, -0.1) is 0 Å². The summed E-state index contributed by atoms with van der Waals surface area (Å²) in [5.41, 5.74) is 6.88. The van der Waals surface area contributed by atoms with Crippen molar-refractivity contribution in [2.45, 2.75) is 31.8 Å². The zero-order chi connectivity index (χ0) is 14.7. The fourth-order valence-corrected chi connectivity index (χ4v) is 2.54. The molecule has 0 aliphatic carbocycles. The number of piperidine rings is 1. The third kappa shape index (κ3) is 3.22. The van der Waals surface area contributed by atoms with Crippen molar-refractivity contribution in [2.24, 2.45) is 0 Å². The molecule has 0 saturated carbocycles. The van der Waals surface area contributed by atoms with Crippen LogP contribution in [0.3, 0.4) is 0 Å². The van der Waals surface area contributed by atoms with E-state index in [0.29, 0.717) is 23.0 Å². The maximum Gasteiger partial charge on any atom is 0.251 e. The minimum Gasteiger partial charge on any atom is -0.495 e. The molecule has 1 saturated heterocycles. The van der Waals surface area contributed by atoms with Crippen LogP contribution < -0.4 is 15.8 Å². The lowest BCUT2D eigenvalue weighted by molar-refractivity contribution is 0.0896. The van der Waals surface area contributed by atoms with Gasteiger partial charge in [0.15, 0.2) is 0 Å². The number of methoxy groups -OCH3 is 1. The van der Waals surface area contributed by atoms with Crippen LogP contribution in [0.15, 0.2) is 18.2 Å². The maximum atomic E-state index is 12.3. The number of amides is 1. The van der Waals surface area contributed by atoms with Crippen molar-refractivity contribution in [3.05, 3.63) is 23.8 Å². The molecule has 1 aromatic rings. The molecule has 5 nitrogen and oxygen atoms in total. The minimum atomic E-state index is -0.0648. The Kier molecular flexibility index (Phi) is 4.49. The van der Waals surface area contributed by atoms with Gasteiger partial charge in [-0.25, -0.2) is 0 Å². The first-order chi connectivity index (χ1) is 9.51. The van der Waals surface area contributed by atoms with E-state index < -0.39 is 0 Å². The van der Waals surface area contributed by atoms with E-state index in [4.69, 9.17) is 10.5 Å². The van der Waals surface area contributed by atoms with Crippen molar-refractivity contribution < 1.29 is 9.53 Å². The SMILES string of the molecule is COc1cc(C(=O)NC2CCN(C)C(C)C2)ccc1N. The number of nitrogen functional groups attached to an aromatic ring is 1. The van der Waals surface area contributed by atoms with Gasteiger partial charge in [0.25, 0.3) is 5.91 Å². The number of anilines is 1. The number of nitrogens with two attached hydrogens (primary N) is 1. The molecule has 110 valence electrons. The average molecular weight is 277 g/mol. The zero-order valence-corrected chi connectivity index (χ0v) is 12.3. The monoisotopic (exact) mass is 277 g/mol. The highest BCUT2D eigenvalue weighted by atomic mass is 16.5. The Morgan fingerprint density at radius 2 is 2.25 bits per heavy atom. The molecule has 1 aliphatic heterocycles. The second-order valence-corrected chi connectivity index (χ2v) is 5.48. The van der Waals surface area contributed by atoms with Crippen LogP contribution in [-0.2, 0) is 0 Å². The molecule has 5 heteroatoms. The highest BCUT2D eigenvalue weighted by molar-refractivity contribution is 5.95. The van der Waals surface area contributed by atoms with Gasteiger partial charge in [0.1, 0.15) is 5.75 Å². The van der Waals surface area contributed by atoms with Gasteiger partial charge in [0.2, 0.25) is 0 Å². The molecule has 2 atom stereocenters. The predicted molar refractivity (Wildman–Crippen MR) is 80.0 cm³/mol. The standard InChI is InChI=1S/C15H23N3O2/c1-10-8-12(6-7-18(10)2)17-15(19)11-4-5-13(16)14(9-11)20-3/h4-5,9-10,12H,6-8,16H2,1-3H3,(H,17,19). The lowest BCUT2D eigenvalue weighted by Gasteiger charge is -2.35. The van der Waals surface area contributed by atoms with Crippen molar-refractivity contribution in [1.29, 1.82) is 0 Å². The molecular weight excluding hydrogens is 254 g/mol. The molecule has 2 rings (SSSR count). The largest absolute Gasteiger partial charge is 0.495 e. The fraction of sp³-hybridized carbons (Fsp3) is 0.533. The van der Waals surface area contributed by atoms with E-state index in [9.17, 15) is 4.79 Å². The molecule has 0 radical (unpaired) electrons. The van der Waals surface area contributed by atoms with Gasteiger partial charge in [-0.1, -0.05) is 0 Å². The molecule has 1 heterocycles. The van der Waals surface area contributed by atoms with Crippen molar-refractivity contribution in [1.82, 2.24) is 10.2 Å². The molecule has 0 bridgehead atoms. The Labute approximate surface area is 120 Å². The highest BCUT2D eigenvalue weighted by Crippen LogP contribution is 2.22. The van der Waals surface area contributed by atoms with Gasteiger partial charge < -0.3 is 20.7 Å². The normalized spacial score (nSPS) is 23.4. The summed E-state index contributed by atoms with van der Waals surface area (Å²) in [5.74, 6) is 0.472. The van der Waals surface area contributed by atoms with Crippen molar-refractivity contribution >= 4 is 11.6 Å². The summed E-state index contributed by atoms with van der Waals surface area (Å²) in [6, 6.07) is 5.84. The summed E-state index contributed by atoms with van der Waals surface area (Å²) in [7, 11) is 3.67. The number of nitrogens with one attached hydrogen (secondary N) is 1. The number of ether oxygens (including phenoxy) is 1. The van der Waals surface area contributed by atoms with Gasteiger partial charge in [-0.05, 0) is 45.0 Å². The molecule has 0 aromatic heterocycles. The van der Waals surface area contributed by atoms with Crippen LogP contribution in [0.4, 0.5) is 5.69 Å². The Hall–Kier alpha value is -1.75. The van der Waals surface area contributed by atoms with E-state index >= 15 is 0 Å². The molecule has 1 fully saturated rings. The van der Waals surface area contributed by atoms with Gasteiger partial charge >= 0.3 is 0 Å². The quantitative estimate of drug-likeness (QED) is 0.821. The molecule has 1 aromatic carbocycles. The number of likely N-dealkylation sites (tertiary alicyclic amines) is 1. The van der Waals surface area contributed by atoms with Crippen LogP contribution in [0.5, 0.6) is 5.75 Å². The van der Waals surface area contributed by atoms with Gasteiger partial charge in [-0.2, -0.15) is 0 Å². The molecule has 3 N–H and O–H groups in total. The van der Waals surface area contributed by atoms with Crippen LogP contribution in [0.2, 0.25) is 0 Å². The van der Waals surface area contributed by atoms with Gasteiger partial charge in [0.05, 0.1) is 12.8 Å². The molecule has 1 aliphatic rings. The van der Waals surface area contributed by atoms with Crippen LogP contribution in [-0.4, -0.2) is 43.6 Å². The Bertz CT molecular complexity index is 490.